The van der Waals surface area contributed by atoms with Crippen LogP contribution < -0.4 is 5.32 Å². The number of benzene rings is 2. The number of hydrogen-bond acceptors (Lipinski definition) is 2. The Bertz CT molecular complexity index is 740. The number of hydrogen-bond donors (Lipinski definition) is 1. The summed E-state index contributed by atoms with van der Waals surface area (Å²) in [6, 6.07) is 13.7. The van der Waals surface area contributed by atoms with Gasteiger partial charge in [0.1, 0.15) is 5.75 Å². The van der Waals surface area contributed by atoms with E-state index in [0.29, 0.717) is 0 Å². The third-order valence-electron chi connectivity index (χ3n) is 3.97. The lowest BCUT2D eigenvalue weighted by molar-refractivity contribution is -0.113. The van der Waals surface area contributed by atoms with Gasteiger partial charge in [0, 0.05) is 16.5 Å². The van der Waals surface area contributed by atoms with E-state index in [-0.39, 0.29) is 16.9 Å². The van der Waals surface area contributed by atoms with Crippen molar-refractivity contribution >= 4 is 22.4 Å². The molecule has 2 rings (SSSR count). The predicted octanol–water partition coefficient (Wildman–Crippen LogP) is 4.06. The van der Waals surface area contributed by atoms with E-state index in [4.69, 9.17) is 0 Å². The van der Waals surface area contributed by atoms with Crippen molar-refractivity contribution in [2.45, 2.75) is 32.9 Å². The minimum Gasteiger partial charge on any atom is -0.325 e. The second kappa shape index (κ2) is 7.55. The normalized spacial score (nSPS) is 13.4. The first-order chi connectivity index (χ1) is 10.9. The summed E-state index contributed by atoms with van der Waals surface area (Å²) in [5, 5.41) is 2.66. The highest BCUT2D eigenvalue weighted by molar-refractivity contribution is 7.86. The van der Waals surface area contributed by atoms with Crippen molar-refractivity contribution in [3.8, 4) is 0 Å². The Kier molecular flexibility index (Phi) is 5.72. The van der Waals surface area contributed by atoms with Crippen LogP contribution in [-0.4, -0.2) is 15.9 Å². The Balaban J connectivity index is 1.99. The van der Waals surface area contributed by atoms with Gasteiger partial charge in [0.25, 0.3) is 0 Å². The molecule has 0 heterocycles. The molecule has 0 aliphatic heterocycles. The quantitative estimate of drug-likeness (QED) is 0.899. The molecule has 0 aliphatic carbocycles. The van der Waals surface area contributed by atoms with Crippen molar-refractivity contribution in [3.63, 3.8) is 0 Å². The molecule has 1 N–H and O–H groups in total. The summed E-state index contributed by atoms with van der Waals surface area (Å²) in [6.45, 7) is 7.93. The second-order valence-corrected chi connectivity index (χ2v) is 7.69. The Morgan fingerprint density at radius 1 is 1.09 bits per heavy atom. The molecule has 0 bridgehead atoms. The molecule has 0 radical (unpaired) electrons. The van der Waals surface area contributed by atoms with E-state index >= 15 is 0 Å². The maximum atomic E-state index is 12.4. The van der Waals surface area contributed by atoms with Gasteiger partial charge in [-0.2, -0.15) is 0 Å². The molecular formula is C19H23NO2S. The van der Waals surface area contributed by atoms with Crippen LogP contribution in [0.25, 0.3) is 0 Å². The lowest BCUT2D eigenvalue weighted by Crippen LogP contribution is -2.21. The molecule has 122 valence electrons. The Labute approximate surface area is 140 Å². The van der Waals surface area contributed by atoms with Crippen LogP contribution >= 0.6 is 0 Å². The average molecular weight is 329 g/mol. The number of aryl methyl sites for hydroxylation is 3. The van der Waals surface area contributed by atoms with Crippen molar-refractivity contribution in [2.24, 2.45) is 0 Å². The highest BCUT2D eigenvalue weighted by Crippen LogP contribution is 2.21. The monoisotopic (exact) mass is 329 g/mol. The number of amides is 1. The molecule has 0 fully saturated rings. The zero-order chi connectivity index (χ0) is 17.0. The Morgan fingerprint density at radius 2 is 1.83 bits per heavy atom. The maximum Gasteiger partial charge on any atom is 0.237 e. The number of rotatable bonds is 5. The molecule has 2 aromatic carbocycles. The topological polar surface area (TPSA) is 46.2 Å². The van der Waals surface area contributed by atoms with Gasteiger partial charge in [-0.05, 0) is 56.5 Å². The third kappa shape index (κ3) is 4.76. The van der Waals surface area contributed by atoms with E-state index < -0.39 is 10.8 Å². The van der Waals surface area contributed by atoms with E-state index in [9.17, 15) is 9.00 Å². The molecule has 2 unspecified atom stereocenters. The molecule has 1 amide bonds. The standard InChI is InChI=1S/C19H23NO2S/c1-13-6-5-7-17(10-13)16(4)23(22)12-19(21)20-18-9-8-14(2)15(3)11-18/h5-11,16H,12H2,1-4H3,(H,20,21). The fourth-order valence-electron chi connectivity index (χ4n) is 2.35. The minimum absolute atomic E-state index is 0.00202. The molecule has 23 heavy (non-hydrogen) atoms. The predicted molar refractivity (Wildman–Crippen MR) is 97.1 cm³/mol. The largest absolute Gasteiger partial charge is 0.325 e. The summed E-state index contributed by atoms with van der Waals surface area (Å²) < 4.78 is 12.4. The van der Waals surface area contributed by atoms with Crippen molar-refractivity contribution in [2.75, 3.05) is 11.1 Å². The van der Waals surface area contributed by atoms with Gasteiger partial charge >= 0.3 is 0 Å². The first-order valence-corrected chi connectivity index (χ1v) is 9.06. The summed E-state index contributed by atoms with van der Waals surface area (Å²) in [6.07, 6.45) is 0. The van der Waals surface area contributed by atoms with Crippen LogP contribution in [0.2, 0.25) is 0 Å². The van der Waals surface area contributed by atoms with Gasteiger partial charge < -0.3 is 5.32 Å². The SMILES string of the molecule is Cc1cccc(C(C)S(=O)CC(=O)Nc2ccc(C)c(C)c2)c1. The first kappa shape index (κ1) is 17.4. The van der Waals surface area contributed by atoms with Crippen LogP contribution in [0.15, 0.2) is 42.5 Å². The Hall–Kier alpha value is -1.94. The van der Waals surface area contributed by atoms with E-state index in [2.05, 4.69) is 5.32 Å². The summed E-state index contributed by atoms with van der Waals surface area (Å²) >= 11 is 0. The average Bonchev–Trinajstić information content (AvgIpc) is 2.50. The number of carbonyl (C=O) groups excluding carboxylic acids is 1. The maximum absolute atomic E-state index is 12.4. The minimum atomic E-state index is -1.25. The zero-order valence-corrected chi connectivity index (χ0v) is 14.9. The lowest BCUT2D eigenvalue weighted by Gasteiger charge is -2.13. The highest BCUT2D eigenvalue weighted by atomic mass is 32.2. The van der Waals surface area contributed by atoms with Gasteiger partial charge in [0.05, 0.1) is 5.25 Å². The smallest absolute Gasteiger partial charge is 0.237 e. The van der Waals surface area contributed by atoms with Gasteiger partial charge in [-0.15, -0.1) is 0 Å². The van der Waals surface area contributed by atoms with E-state index in [0.717, 1.165) is 22.4 Å². The first-order valence-electron chi connectivity index (χ1n) is 7.67. The highest BCUT2D eigenvalue weighted by Gasteiger charge is 2.17. The number of anilines is 1. The van der Waals surface area contributed by atoms with Crippen LogP contribution in [0.1, 0.15) is 34.4 Å². The van der Waals surface area contributed by atoms with Gasteiger partial charge in [0.15, 0.2) is 0 Å². The molecule has 2 aromatic rings. The van der Waals surface area contributed by atoms with Gasteiger partial charge in [0.2, 0.25) is 5.91 Å². The fraction of sp³-hybridized carbons (Fsp3) is 0.316. The summed E-state index contributed by atoms with van der Waals surface area (Å²) in [5.41, 5.74) is 5.18. The number of nitrogens with one attached hydrogen (secondary N) is 1. The summed E-state index contributed by atoms with van der Waals surface area (Å²) in [5.74, 6) is -0.215. The molecule has 0 saturated heterocycles. The van der Waals surface area contributed by atoms with Crippen molar-refractivity contribution in [3.05, 3.63) is 64.7 Å². The van der Waals surface area contributed by atoms with Crippen molar-refractivity contribution < 1.29 is 9.00 Å². The van der Waals surface area contributed by atoms with Gasteiger partial charge in [-0.25, -0.2) is 0 Å². The molecule has 2 atom stereocenters. The molecule has 0 aliphatic rings. The number of carbonyl (C=O) groups is 1. The summed E-state index contributed by atoms with van der Waals surface area (Å²) in [4.78, 5) is 12.1. The molecular weight excluding hydrogens is 306 g/mol. The second-order valence-electron chi connectivity index (χ2n) is 5.93. The molecule has 0 aromatic heterocycles. The van der Waals surface area contributed by atoms with Crippen molar-refractivity contribution in [1.82, 2.24) is 0 Å². The van der Waals surface area contributed by atoms with Crippen LogP contribution in [-0.2, 0) is 15.6 Å². The third-order valence-corrected chi connectivity index (χ3v) is 5.58. The van der Waals surface area contributed by atoms with Crippen LogP contribution in [0.5, 0.6) is 0 Å². The molecule has 4 heteroatoms. The van der Waals surface area contributed by atoms with Crippen LogP contribution in [0.3, 0.4) is 0 Å². The summed E-state index contributed by atoms with van der Waals surface area (Å²) in [7, 11) is -1.25. The fourth-order valence-corrected chi connectivity index (χ4v) is 3.38. The van der Waals surface area contributed by atoms with E-state index in [1.165, 1.54) is 5.56 Å². The van der Waals surface area contributed by atoms with Crippen LogP contribution in [0, 0.1) is 20.8 Å². The zero-order valence-electron chi connectivity index (χ0n) is 14.1. The van der Waals surface area contributed by atoms with Crippen LogP contribution in [0.4, 0.5) is 5.69 Å². The lowest BCUT2D eigenvalue weighted by atomic mass is 10.1. The molecule has 0 saturated carbocycles. The van der Waals surface area contributed by atoms with Crippen molar-refractivity contribution in [1.29, 1.82) is 0 Å². The molecule has 0 spiro atoms. The molecule has 3 nitrogen and oxygen atoms in total. The van der Waals surface area contributed by atoms with Gasteiger partial charge in [-0.1, -0.05) is 35.9 Å². The van der Waals surface area contributed by atoms with E-state index in [1.54, 1.807) is 0 Å². The van der Waals surface area contributed by atoms with E-state index in [1.807, 2.05) is 70.2 Å². The van der Waals surface area contributed by atoms with Gasteiger partial charge in [-0.3, -0.25) is 9.00 Å². The Morgan fingerprint density at radius 3 is 2.48 bits per heavy atom.